The van der Waals surface area contributed by atoms with Crippen LogP contribution >= 0.6 is 0 Å². The Bertz CT molecular complexity index is 959. The molecule has 2 N–H and O–H groups in total. The Hall–Kier alpha value is -2.12. The monoisotopic (exact) mass is 347 g/mol. The van der Waals surface area contributed by atoms with Crippen LogP contribution in [0.25, 0.3) is 0 Å². The minimum absolute atomic E-state index is 0.0988. The second-order valence-electron chi connectivity index (χ2n) is 6.46. The summed E-state index contributed by atoms with van der Waals surface area (Å²) in [6.07, 6.45) is 0.850. The first-order valence-electron chi connectivity index (χ1n) is 7.74. The van der Waals surface area contributed by atoms with Gasteiger partial charge in [-0.1, -0.05) is 24.3 Å². The number of rotatable bonds is 4. The topological polar surface area (TPSA) is 96.6 Å². The number of fused-ring (bicyclic) bond motifs is 3. The molecule has 4 rings (SSSR count). The van der Waals surface area contributed by atoms with E-state index < -0.39 is 16.0 Å². The SMILES string of the molecule is Cc1oc(C)c(S(=O)(=O)N[C@@H]2[C@H]3Cc4ccccc4[C@H]32)c1C(=O)O. The molecular formula is C17H17NO5S. The van der Waals surface area contributed by atoms with Gasteiger partial charge in [-0.05, 0) is 37.3 Å². The Morgan fingerprint density at radius 2 is 1.96 bits per heavy atom. The summed E-state index contributed by atoms with van der Waals surface area (Å²) < 4.78 is 33.4. The fourth-order valence-electron chi connectivity index (χ4n) is 3.98. The molecule has 1 heterocycles. The Balaban J connectivity index is 1.65. The van der Waals surface area contributed by atoms with Gasteiger partial charge in [0.25, 0.3) is 0 Å². The molecular weight excluding hydrogens is 330 g/mol. The van der Waals surface area contributed by atoms with Crippen molar-refractivity contribution in [1.29, 1.82) is 0 Å². The van der Waals surface area contributed by atoms with Gasteiger partial charge in [-0.3, -0.25) is 0 Å². The molecule has 1 aromatic heterocycles. The summed E-state index contributed by atoms with van der Waals surface area (Å²) in [5, 5.41) is 9.31. The van der Waals surface area contributed by atoms with E-state index in [0.29, 0.717) is 0 Å². The van der Waals surface area contributed by atoms with Gasteiger partial charge in [-0.15, -0.1) is 0 Å². The average molecular weight is 347 g/mol. The van der Waals surface area contributed by atoms with Crippen molar-refractivity contribution in [2.45, 2.75) is 37.1 Å². The third-order valence-electron chi connectivity index (χ3n) is 5.02. The van der Waals surface area contributed by atoms with Gasteiger partial charge < -0.3 is 9.52 Å². The summed E-state index contributed by atoms with van der Waals surface area (Å²) in [5.74, 6) is -0.673. The highest BCUT2D eigenvalue weighted by atomic mass is 32.2. The quantitative estimate of drug-likeness (QED) is 0.884. The normalized spacial score (nSPS) is 24.5. The van der Waals surface area contributed by atoms with Crippen LogP contribution in [0.2, 0.25) is 0 Å². The van der Waals surface area contributed by atoms with Gasteiger partial charge >= 0.3 is 5.97 Å². The highest BCUT2D eigenvalue weighted by Gasteiger charge is 2.57. The second kappa shape index (κ2) is 4.94. The van der Waals surface area contributed by atoms with Crippen LogP contribution in [0.15, 0.2) is 33.6 Å². The van der Waals surface area contributed by atoms with Crippen LogP contribution in [0.4, 0.5) is 0 Å². The molecule has 1 saturated carbocycles. The zero-order valence-corrected chi connectivity index (χ0v) is 14.1. The lowest BCUT2D eigenvalue weighted by Crippen LogP contribution is -2.30. The number of furan rings is 1. The minimum atomic E-state index is -3.95. The fourth-order valence-corrected chi connectivity index (χ4v) is 5.70. The molecule has 0 radical (unpaired) electrons. The smallest absolute Gasteiger partial charge is 0.340 e. The first-order valence-corrected chi connectivity index (χ1v) is 9.23. The third-order valence-corrected chi connectivity index (χ3v) is 6.63. The Kier molecular flexibility index (Phi) is 3.17. The molecule has 0 spiro atoms. The van der Waals surface area contributed by atoms with Crippen LogP contribution in [0.3, 0.4) is 0 Å². The number of benzene rings is 1. The van der Waals surface area contributed by atoms with Crippen LogP contribution in [-0.4, -0.2) is 25.5 Å². The summed E-state index contributed by atoms with van der Waals surface area (Å²) in [4.78, 5) is 11.2. The minimum Gasteiger partial charge on any atom is -0.478 e. The van der Waals surface area contributed by atoms with Crippen molar-refractivity contribution in [2.24, 2.45) is 5.92 Å². The number of carboxylic acids is 1. The molecule has 0 unspecified atom stereocenters. The number of carbonyl (C=O) groups is 1. The standard InChI is InChI=1S/C17H17NO5S/c1-8-13(17(19)20)16(9(2)23-8)24(21,22)18-15-12-7-10-5-3-4-6-11(10)14(12)15/h3-6,12,14-15,18H,7H2,1-2H3,(H,19,20)/t12-,14+,15+/m0/s1. The fraction of sp³-hybridized carbons (Fsp3) is 0.353. The molecule has 24 heavy (non-hydrogen) atoms. The number of aromatic carboxylic acids is 1. The highest BCUT2D eigenvalue weighted by Crippen LogP contribution is 2.56. The van der Waals surface area contributed by atoms with Crippen LogP contribution in [0, 0.1) is 19.8 Å². The molecule has 3 atom stereocenters. The van der Waals surface area contributed by atoms with Crippen molar-refractivity contribution < 1.29 is 22.7 Å². The molecule has 0 saturated heterocycles. The lowest BCUT2D eigenvalue weighted by molar-refractivity contribution is 0.0691. The number of sulfonamides is 1. The molecule has 2 aliphatic carbocycles. The Morgan fingerprint density at radius 3 is 2.67 bits per heavy atom. The van der Waals surface area contributed by atoms with Gasteiger partial charge in [0.05, 0.1) is 0 Å². The number of aryl methyl sites for hydroxylation is 2. The van der Waals surface area contributed by atoms with Crippen molar-refractivity contribution >= 4 is 16.0 Å². The number of nitrogens with one attached hydrogen (secondary N) is 1. The Morgan fingerprint density at radius 1 is 1.25 bits per heavy atom. The largest absolute Gasteiger partial charge is 0.478 e. The predicted octanol–water partition coefficient (Wildman–Crippen LogP) is 2.21. The number of hydrogen-bond donors (Lipinski definition) is 2. The van der Waals surface area contributed by atoms with Crippen molar-refractivity contribution in [1.82, 2.24) is 4.72 Å². The molecule has 0 aliphatic heterocycles. The first kappa shape index (κ1) is 15.4. The number of carboxylic acid groups (broad SMARTS) is 1. The van der Waals surface area contributed by atoms with E-state index in [9.17, 15) is 18.3 Å². The van der Waals surface area contributed by atoms with E-state index in [0.717, 1.165) is 6.42 Å². The summed E-state index contributed by atoms with van der Waals surface area (Å²) in [6, 6.07) is 7.86. The van der Waals surface area contributed by atoms with E-state index in [1.54, 1.807) is 0 Å². The molecule has 6 nitrogen and oxygen atoms in total. The maximum absolute atomic E-state index is 12.8. The van der Waals surface area contributed by atoms with Gasteiger partial charge in [0.1, 0.15) is 22.0 Å². The molecule has 2 aromatic rings. The highest BCUT2D eigenvalue weighted by molar-refractivity contribution is 7.89. The van der Waals surface area contributed by atoms with Crippen molar-refractivity contribution in [3.63, 3.8) is 0 Å². The summed E-state index contributed by atoms with van der Waals surface area (Å²) in [5.41, 5.74) is 2.17. The van der Waals surface area contributed by atoms with E-state index >= 15 is 0 Å². The maximum atomic E-state index is 12.8. The maximum Gasteiger partial charge on any atom is 0.340 e. The van der Waals surface area contributed by atoms with Gasteiger partial charge in [-0.25, -0.2) is 17.9 Å². The molecule has 2 aliphatic rings. The molecule has 0 bridgehead atoms. The molecule has 7 heteroatoms. The van der Waals surface area contributed by atoms with Crippen LogP contribution < -0.4 is 4.72 Å². The molecule has 0 amide bonds. The predicted molar refractivity (Wildman–Crippen MR) is 85.6 cm³/mol. The Labute approximate surface area is 139 Å². The lowest BCUT2D eigenvalue weighted by atomic mass is 10.1. The van der Waals surface area contributed by atoms with E-state index in [4.69, 9.17) is 4.42 Å². The zero-order chi connectivity index (χ0) is 17.2. The van der Waals surface area contributed by atoms with Crippen LogP contribution in [-0.2, 0) is 16.4 Å². The average Bonchev–Trinajstić information content (AvgIpc) is 2.88. The summed E-state index contributed by atoms with van der Waals surface area (Å²) >= 11 is 0. The van der Waals surface area contributed by atoms with Gasteiger partial charge in [0.15, 0.2) is 0 Å². The van der Waals surface area contributed by atoms with E-state index in [2.05, 4.69) is 10.8 Å². The zero-order valence-electron chi connectivity index (χ0n) is 13.2. The first-order chi connectivity index (χ1) is 11.3. The molecule has 1 aromatic carbocycles. The third kappa shape index (κ3) is 2.12. The van der Waals surface area contributed by atoms with Crippen molar-refractivity contribution in [2.75, 3.05) is 0 Å². The van der Waals surface area contributed by atoms with E-state index in [-0.39, 0.29) is 39.9 Å². The molecule has 1 fully saturated rings. The van der Waals surface area contributed by atoms with Gasteiger partial charge in [0, 0.05) is 12.0 Å². The van der Waals surface area contributed by atoms with Crippen molar-refractivity contribution in [3.8, 4) is 0 Å². The number of hydrogen-bond acceptors (Lipinski definition) is 4. The van der Waals surface area contributed by atoms with E-state index in [1.165, 1.54) is 25.0 Å². The summed E-state index contributed by atoms with van der Waals surface area (Å²) in [6.45, 7) is 2.93. The van der Waals surface area contributed by atoms with Crippen LogP contribution in [0.1, 0.15) is 38.9 Å². The summed E-state index contributed by atoms with van der Waals surface area (Å²) in [7, 11) is -3.95. The van der Waals surface area contributed by atoms with Crippen molar-refractivity contribution in [3.05, 3.63) is 52.5 Å². The lowest BCUT2D eigenvalue weighted by Gasteiger charge is -2.10. The van der Waals surface area contributed by atoms with Gasteiger partial charge in [0.2, 0.25) is 10.0 Å². The van der Waals surface area contributed by atoms with E-state index in [1.807, 2.05) is 18.2 Å². The molecule has 126 valence electrons. The van der Waals surface area contributed by atoms with Crippen LogP contribution in [0.5, 0.6) is 0 Å². The van der Waals surface area contributed by atoms with Gasteiger partial charge in [-0.2, -0.15) is 0 Å². The second-order valence-corrected chi connectivity index (χ2v) is 8.11.